The predicted molar refractivity (Wildman–Crippen MR) is 113 cm³/mol. The Balaban J connectivity index is 0.00000312. The first kappa shape index (κ1) is 21.6. The van der Waals surface area contributed by atoms with Gasteiger partial charge in [0.05, 0.1) is 25.5 Å². The van der Waals surface area contributed by atoms with Gasteiger partial charge in [0.2, 0.25) is 0 Å². The Morgan fingerprint density at radius 1 is 1.12 bits per heavy atom. The Labute approximate surface area is 166 Å². The first-order valence-electron chi connectivity index (χ1n) is 8.19. The monoisotopic (exact) mass is 458 g/mol. The maximum atomic E-state index is 5.43. The molecule has 0 unspecified atom stereocenters. The number of halogens is 1. The highest BCUT2D eigenvalue weighted by molar-refractivity contribution is 14.0. The Bertz CT molecular complexity index is 647. The molecule has 138 valence electrons. The van der Waals surface area contributed by atoms with Crippen LogP contribution in [0.25, 0.3) is 10.8 Å². The van der Waals surface area contributed by atoms with Crippen LogP contribution in [0.4, 0.5) is 0 Å². The highest BCUT2D eigenvalue weighted by atomic mass is 127. The maximum absolute atomic E-state index is 5.43. The van der Waals surface area contributed by atoms with Gasteiger partial charge in [0.1, 0.15) is 0 Å². The van der Waals surface area contributed by atoms with Gasteiger partial charge in [-0.15, -0.1) is 24.0 Å². The number of rotatable bonds is 9. The molecular formula is C18H27IN4O2. The van der Waals surface area contributed by atoms with E-state index < -0.39 is 0 Å². The highest BCUT2D eigenvalue weighted by Crippen LogP contribution is 2.15. The van der Waals surface area contributed by atoms with Crippen molar-refractivity contribution in [1.29, 1.82) is 0 Å². The van der Waals surface area contributed by atoms with Crippen molar-refractivity contribution >= 4 is 40.7 Å². The number of pyridine rings is 1. The maximum Gasteiger partial charge on any atom is 0.191 e. The molecule has 25 heavy (non-hydrogen) atoms. The van der Waals surface area contributed by atoms with Crippen molar-refractivity contribution in [2.24, 2.45) is 4.99 Å². The van der Waals surface area contributed by atoms with Gasteiger partial charge in [-0.05, 0) is 17.9 Å². The van der Waals surface area contributed by atoms with E-state index in [2.05, 4.69) is 32.7 Å². The summed E-state index contributed by atoms with van der Waals surface area (Å²) in [6, 6.07) is 10.3. The molecule has 0 amide bonds. The molecule has 2 aromatic rings. The molecule has 0 aliphatic carbocycles. The number of hydrogen-bond donors (Lipinski definition) is 2. The van der Waals surface area contributed by atoms with Crippen LogP contribution in [0.15, 0.2) is 41.5 Å². The largest absolute Gasteiger partial charge is 0.382 e. The molecule has 2 N–H and O–H groups in total. The number of benzene rings is 1. The standard InChI is InChI=1S/C18H26N4O2.HI/c1-19-18(21-9-5-11-24-13-12-23-2)22-14-17-16-7-4-3-6-15(16)8-10-20-17;/h3-4,6-8,10H,5,9,11-14H2,1-2H3,(H2,19,21,22);1H. The van der Waals surface area contributed by atoms with Gasteiger partial charge in [0, 0.05) is 38.9 Å². The van der Waals surface area contributed by atoms with Gasteiger partial charge >= 0.3 is 0 Å². The van der Waals surface area contributed by atoms with E-state index >= 15 is 0 Å². The minimum atomic E-state index is 0. The fourth-order valence-corrected chi connectivity index (χ4v) is 2.34. The zero-order chi connectivity index (χ0) is 17.0. The van der Waals surface area contributed by atoms with Crippen molar-refractivity contribution in [1.82, 2.24) is 15.6 Å². The molecule has 0 saturated carbocycles. The lowest BCUT2D eigenvalue weighted by molar-refractivity contribution is 0.0698. The number of methoxy groups -OCH3 is 1. The van der Waals surface area contributed by atoms with Crippen molar-refractivity contribution in [3.63, 3.8) is 0 Å². The number of nitrogens with zero attached hydrogens (tertiary/aromatic N) is 2. The second-order valence-electron chi connectivity index (χ2n) is 5.29. The molecule has 0 spiro atoms. The molecule has 0 aliphatic heterocycles. The average Bonchev–Trinajstić information content (AvgIpc) is 2.63. The number of fused-ring (bicyclic) bond motifs is 1. The summed E-state index contributed by atoms with van der Waals surface area (Å²) in [5.74, 6) is 0.765. The van der Waals surface area contributed by atoms with Gasteiger partial charge in [0.15, 0.2) is 5.96 Å². The predicted octanol–water partition coefficient (Wildman–Crippen LogP) is 2.57. The third-order valence-corrected chi connectivity index (χ3v) is 3.59. The van der Waals surface area contributed by atoms with Crippen molar-refractivity contribution in [2.75, 3.05) is 40.5 Å². The van der Waals surface area contributed by atoms with Gasteiger partial charge in [-0.1, -0.05) is 24.3 Å². The molecule has 0 atom stereocenters. The zero-order valence-corrected chi connectivity index (χ0v) is 17.2. The molecule has 1 aromatic carbocycles. The van der Waals surface area contributed by atoms with Crippen molar-refractivity contribution in [3.8, 4) is 0 Å². The average molecular weight is 458 g/mol. The van der Waals surface area contributed by atoms with E-state index in [-0.39, 0.29) is 24.0 Å². The molecule has 6 nitrogen and oxygen atoms in total. The first-order valence-corrected chi connectivity index (χ1v) is 8.19. The Morgan fingerprint density at radius 2 is 1.96 bits per heavy atom. The smallest absolute Gasteiger partial charge is 0.191 e. The Morgan fingerprint density at radius 3 is 2.76 bits per heavy atom. The van der Waals surface area contributed by atoms with E-state index in [4.69, 9.17) is 9.47 Å². The molecule has 0 bridgehead atoms. The van der Waals surface area contributed by atoms with E-state index in [1.54, 1.807) is 14.2 Å². The van der Waals surface area contributed by atoms with Gasteiger partial charge in [-0.2, -0.15) is 0 Å². The molecule has 1 aromatic heterocycles. The van der Waals surface area contributed by atoms with Gasteiger partial charge in [-0.3, -0.25) is 9.98 Å². The second-order valence-corrected chi connectivity index (χ2v) is 5.29. The lowest BCUT2D eigenvalue weighted by Crippen LogP contribution is -2.37. The van der Waals surface area contributed by atoms with Crippen molar-refractivity contribution < 1.29 is 9.47 Å². The molecular weight excluding hydrogens is 431 g/mol. The summed E-state index contributed by atoms with van der Waals surface area (Å²) < 4.78 is 10.4. The summed E-state index contributed by atoms with van der Waals surface area (Å²) in [6.45, 7) is 3.41. The molecule has 0 saturated heterocycles. The van der Waals surface area contributed by atoms with Gasteiger partial charge in [0.25, 0.3) is 0 Å². The van der Waals surface area contributed by atoms with Crippen LogP contribution in [-0.2, 0) is 16.0 Å². The summed E-state index contributed by atoms with van der Waals surface area (Å²) in [4.78, 5) is 8.71. The van der Waals surface area contributed by atoms with E-state index in [1.807, 2.05) is 24.4 Å². The summed E-state index contributed by atoms with van der Waals surface area (Å²) >= 11 is 0. The normalized spacial score (nSPS) is 11.2. The van der Waals surface area contributed by atoms with Crippen molar-refractivity contribution in [3.05, 3.63) is 42.2 Å². The number of aliphatic imine (C=N–C) groups is 1. The van der Waals surface area contributed by atoms with Crippen LogP contribution in [0.2, 0.25) is 0 Å². The van der Waals surface area contributed by atoms with E-state index in [0.717, 1.165) is 30.0 Å². The first-order chi connectivity index (χ1) is 11.8. The lowest BCUT2D eigenvalue weighted by atomic mass is 10.1. The van der Waals surface area contributed by atoms with Crippen LogP contribution in [0.5, 0.6) is 0 Å². The van der Waals surface area contributed by atoms with Crippen LogP contribution in [0.3, 0.4) is 0 Å². The molecule has 0 fully saturated rings. The highest BCUT2D eigenvalue weighted by Gasteiger charge is 2.03. The van der Waals surface area contributed by atoms with Gasteiger partial charge < -0.3 is 20.1 Å². The SMILES string of the molecule is CN=C(NCCCOCCOC)NCc1nccc2ccccc12.I. The van der Waals surface area contributed by atoms with E-state index in [1.165, 1.54) is 5.39 Å². The Kier molecular flexibility index (Phi) is 11.1. The number of nitrogens with one attached hydrogen (secondary N) is 2. The number of guanidine groups is 1. The van der Waals surface area contributed by atoms with Crippen molar-refractivity contribution in [2.45, 2.75) is 13.0 Å². The van der Waals surface area contributed by atoms with E-state index in [0.29, 0.717) is 26.4 Å². The van der Waals surface area contributed by atoms with Crippen LogP contribution in [0, 0.1) is 0 Å². The van der Waals surface area contributed by atoms with E-state index in [9.17, 15) is 0 Å². The van der Waals surface area contributed by atoms with Crippen LogP contribution < -0.4 is 10.6 Å². The van der Waals surface area contributed by atoms with Gasteiger partial charge in [-0.25, -0.2) is 0 Å². The Hall–Kier alpha value is -1.45. The molecule has 0 aliphatic rings. The fourth-order valence-electron chi connectivity index (χ4n) is 2.34. The number of hydrogen-bond acceptors (Lipinski definition) is 4. The van der Waals surface area contributed by atoms with Crippen LogP contribution >= 0.6 is 24.0 Å². The summed E-state index contributed by atoms with van der Waals surface area (Å²) in [7, 11) is 3.44. The number of aromatic nitrogens is 1. The second kappa shape index (κ2) is 12.8. The summed E-state index contributed by atoms with van der Waals surface area (Å²) in [6.07, 6.45) is 2.75. The number of ether oxygens (including phenoxy) is 2. The van der Waals surface area contributed by atoms with Crippen LogP contribution in [-0.4, -0.2) is 51.5 Å². The minimum absolute atomic E-state index is 0. The summed E-state index contributed by atoms with van der Waals surface area (Å²) in [5, 5.41) is 8.94. The lowest BCUT2D eigenvalue weighted by Gasteiger charge is -2.12. The molecule has 0 radical (unpaired) electrons. The molecule has 7 heteroatoms. The fraction of sp³-hybridized carbons (Fsp3) is 0.444. The minimum Gasteiger partial charge on any atom is -0.382 e. The topological polar surface area (TPSA) is 67.8 Å². The third-order valence-electron chi connectivity index (χ3n) is 3.59. The third kappa shape index (κ3) is 7.54. The van der Waals surface area contributed by atoms with Crippen LogP contribution in [0.1, 0.15) is 12.1 Å². The molecule has 2 rings (SSSR count). The quantitative estimate of drug-likeness (QED) is 0.262. The molecule has 1 heterocycles. The zero-order valence-electron chi connectivity index (χ0n) is 14.8. The summed E-state index contributed by atoms with van der Waals surface area (Å²) in [5.41, 5.74) is 1.01.